The van der Waals surface area contributed by atoms with Crippen molar-refractivity contribution < 1.29 is 14.7 Å². The van der Waals surface area contributed by atoms with Gasteiger partial charge in [-0.1, -0.05) is 36.4 Å². The fraction of sp³-hybridized carbons (Fsp3) is 0.300. The predicted molar refractivity (Wildman–Crippen MR) is 97.0 cm³/mol. The van der Waals surface area contributed by atoms with Gasteiger partial charge in [-0.25, -0.2) is 0 Å². The van der Waals surface area contributed by atoms with E-state index in [0.717, 1.165) is 11.3 Å². The molecule has 1 amide bonds. The normalized spacial score (nSPS) is 19.7. The summed E-state index contributed by atoms with van der Waals surface area (Å²) < 4.78 is 0. The Hall–Kier alpha value is -2.82. The van der Waals surface area contributed by atoms with E-state index in [1.807, 2.05) is 67.5 Å². The highest BCUT2D eigenvalue weighted by molar-refractivity contribution is 5.96. The Morgan fingerprint density at radius 1 is 1.04 bits per heavy atom. The van der Waals surface area contributed by atoms with Crippen LogP contribution < -0.4 is 4.90 Å². The van der Waals surface area contributed by atoms with E-state index < -0.39 is 11.9 Å². The number of carboxylic acid groups (broad SMARTS) is 1. The molecule has 2 aromatic rings. The number of hydrogen-bond donors (Lipinski definition) is 1. The summed E-state index contributed by atoms with van der Waals surface area (Å²) in [6, 6.07) is 17.0. The average molecular weight is 338 g/mol. The lowest BCUT2D eigenvalue weighted by Gasteiger charge is -2.18. The molecule has 2 aromatic carbocycles. The van der Waals surface area contributed by atoms with Gasteiger partial charge in [0.25, 0.3) is 5.91 Å². The minimum absolute atomic E-state index is 0.117. The molecule has 1 saturated heterocycles. The maximum absolute atomic E-state index is 12.9. The van der Waals surface area contributed by atoms with Crippen molar-refractivity contribution in [2.24, 2.45) is 5.92 Å². The first kappa shape index (κ1) is 17.0. The molecule has 0 aromatic heterocycles. The second kappa shape index (κ2) is 6.97. The molecule has 1 aliphatic rings. The summed E-state index contributed by atoms with van der Waals surface area (Å²) in [6.45, 7) is 0.659. The van der Waals surface area contributed by atoms with Crippen molar-refractivity contribution >= 4 is 17.6 Å². The summed E-state index contributed by atoms with van der Waals surface area (Å²) in [4.78, 5) is 28.2. The van der Waals surface area contributed by atoms with Gasteiger partial charge in [0.15, 0.2) is 0 Å². The van der Waals surface area contributed by atoms with Gasteiger partial charge in [0.1, 0.15) is 0 Å². The highest BCUT2D eigenvalue weighted by Gasteiger charge is 2.40. The van der Waals surface area contributed by atoms with Crippen LogP contribution in [0.15, 0.2) is 54.6 Å². The number of anilines is 1. The summed E-state index contributed by atoms with van der Waals surface area (Å²) in [5.41, 5.74) is 2.50. The number of carbonyl (C=O) groups excluding carboxylic acids is 1. The minimum Gasteiger partial charge on any atom is -0.481 e. The zero-order valence-corrected chi connectivity index (χ0v) is 14.4. The average Bonchev–Trinajstić information content (AvgIpc) is 3.07. The van der Waals surface area contributed by atoms with E-state index in [2.05, 4.69) is 0 Å². The number of carbonyl (C=O) groups is 2. The zero-order valence-electron chi connectivity index (χ0n) is 14.4. The molecular formula is C20H22N2O3. The highest BCUT2D eigenvalue weighted by atomic mass is 16.4. The van der Waals surface area contributed by atoms with Crippen molar-refractivity contribution in [1.82, 2.24) is 4.90 Å². The summed E-state index contributed by atoms with van der Waals surface area (Å²) in [7, 11) is 3.84. The molecule has 0 aliphatic carbocycles. The number of likely N-dealkylation sites (tertiary alicyclic amines) is 1. The molecule has 25 heavy (non-hydrogen) atoms. The molecule has 1 fully saturated rings. The van der Waals surface area contributed by atoms with Crippen LogP contribution in [0.25, 0.3) is 0 Å². The molecule has 0 bridgehead atoms. The van der Waals surface area contributed by atoms with Crippen LogP contribution in [-0.4, -0.2) is 49.1 Å². The van der Waals surface area contributed by atoms with E-state index in [1.165, 1.54) is 0 Å². The quantitative estimate of drug-likeness (QED) is 0.931. The van der Waals surface area contributed by atoms with Crippen LogP contribution in [0.3, 0.4) is 0 Å². The molecule has 1 N–H and O–H groups in total. The number of rotatable bonds is 4. The Balaban J connectivity index is 1.85. The molecule has 0 unspecified atom stereocenters. The Bertz CT molecular complexity index is 774. The minimum atomic E-state index is -0.855. The summed E-state index contributed by atoms with van der Waals surface area (Å²) >= 11 is 0. The molecule has 0 spiro atoms. The summed E-state index contributed by atoms with van der Waals surface area (Å²) in [5.74, 6) is -1.73. The van der Waals surface area contributed by atoms with Gasteiger partial charge in [0, 0.05) is 44.4 Å². The first-order valence-electron chi connectivity index (χ1n) is 8.32. The smallest absolute Gasteiger partial charge is 0.308 e. The van der Waals surface area contributed by atoms with Gasteiger partial charge in [-0.15, -0.1) is 0 Å². The first-order chi connectivity index (χ1) is 12.0. The molecule has 0 radical (unpaired) electrons. The standard InChI is InChI=1S/C20H22N2O3/c1-21(2)16-10-6-9-15(11-16)19(23)22-12-17(18(13-22)20(24)25)14-7-4-3-5-8-14/h3-11,17-18H,12-13H2,1-2H3,(H,24,25)/t17-,18+/m0/s1. The Morgan fingerprint density at radius 2 is 1.76 bits per heavy atom. The SMILES string of the molecule is CN(C)c1cccc(C(=O)N2C[C@@H](C(=O)O)[C@H](c3ccccc3)C2)c1. The molecule has 3 rings (SSSR count). The van der Waals surface area contributed by atoms with Crippen LogP contribution >= 0.6 is 0 Å². The topological polar surface area (TPSA) is 60.9 Å². The lowest BCUT2D eigenvalue weighted by atomic mass is 9.89. The molecule has 2 atom stereocenters. The third kappa shape index (κ3) is 3.50. The van der Waals surface area contributed by atoms with E-state index >= 15 is 0 Å². The third-order valence-corrected chi connectivity index (χ3v) is 4.76. The summed E-state index contributed by atoms with van der Waals surface area (Å²) in [6.07, 6.45) is 0. The molecule has 5 heteroatoms. The predicted octanol–water partition coefficient (Wildman–Crippen LogP) is 2.69. The Morgan fingerprint density at radius 3 is 2.40 bits per heavy atom. The van der Waals surface area contributed by atoms with Crippen molar-refractivity contribution in [2.75, 3.05) is 32.1 Å². The van der Waals surface area contributed by atoms with E-state index in [1.54, 1.807) is 11.0 Å². The molecule has 1 aliphatic heterocycles. The van der Waals surface area contributed by atoms with Crippen molar-refractivity contribution in [1.29, 1.82) is 0 Å². The third-order valence-electron chi connectivity index (χ3n) is 4.76. The fourth-order valence-electron chi connectivity index (χ4n) is 3.36. The van der Waals surface area contributed by atoms with Crippen LogP contribution in [0, 0.1) is 5.92 Å². The van der Waals surface area contributed by atoms with Crippen LogP contribution in [0.5, 0.6) is 0 Å². The van der Waals surface area contributed by atoms with E-state index in [0.29, 0.717) is 12.1 Å². The largest absolute Gasteiger partial charge is 0.481 e. The molecule has 130 valence electrons. The van der Waals surface area contributed by atoms with Crippen molar-refractivity contribution in [3.8, 4) is 0 Å². The van der Waals surface area contributed by atoms with Gasteiger partial charge in [0.05, 0.1) is 5.92 Å². The van der Waals surface area contributed by atoms with Gasteiger partial charge in [-0.05, 0) is 23.8 Å². The van der Waals surface area contributed by atoms with Crippen LogP contribution in [-0.2, 0) is 4.79 Å². The highest BCUT2D eigenvalue weighted by Crippen LogP contribution is 2.33. The van der Waals surface area contributed by atoms with E-state index in [9.17, 15) is 14.7 Å². The van der Waals surface area contributed by atoms with Crippen molar-refractivity contribution in [3.05, 3.63) is 65.7 Å². The second-order valence-electron chi connectivity index (χ2n) is 6.62. The van der Waals surface area contributed by atoms with Gasteiger partial charge in [0.2, 0.25) is 0 Å². The monoisotopic (exact) mass is 338 g/mol. The van der Waals surface area contributed by atoms with E-state index in [-0.39, 0.29) is 18.4 Å². The van der Waals surface area contributed by atoms with Crippen LogP contribution in [0.2, 0.25) is 0 Å². The first-order valence-corrected chi connectivity index (χ1v) is 8.32. The Labute approximate surface area is 147 Å². The number of carboxylic acids is 1. The van der Waals surface area contributed by atoms with Gasteiger partial charge in [-0.3, -0.25) is 9.59 Å². The molecular weight excluding hydrogens is 316 g/mol. The summed E-state index contributed by atoms with van der Waals surface area (Å²) in [5, 5.41) is 9.59. The number of amides is 1. The fourth-order valence-corrected chi connectivity index (χ4v) is 3.36. The van der Waals surface area contributed by atoms with Gasteiger partial charge in [-0.2, -0.15) is 0 Å². The zero-order chi connectivity index (χ0) is 18.0. The van der Waals surface area contributed by atoms with Gasteiger partial charge >= 0.3 is 5.97 Å². The van der Waals surface area contributed by atoms with E-state index in [4.69, 9.17) is 0 Å². The molecule has 1 heterocycles. The maximum Gasteiger partial charge on any atom is 0.308 e. The lowest BCUT2D eigenvalue weighted by molar-refractivity contribution is -0.141. The van der Waals surface area contributed by atoms with Crippen LogP contribution in [0.4, 0.5) is 5.69 Å². The molecule has 5 nitrogen and oxygen atoms in total. The number of nitrogens with zero attached hydrogens (tertiary/aromatic N) is 2. The van der Waals surface area contributed by atoms with Crippen LogP contribution in [0.1, 0.15) is 21.8 Å². The molecule has 0 saturated carbocycles. The maximum atomic E-state index is 12.9. The van der Waals surface area contributed by atoms with Crippen molar-refractivity contribution in [2.45, 2.75) is 5.92 Å². The van der Waals surface area contributed by atoms with Gasteiger partial charge < -0.3 is 14.9 Å². The lowest BCUT2D eigenvalue weighted by Crippen LogP contribution is -2.30. The number of hydrogen-bond acceptors (Lipinski definition) is 3. The van der Waals surface area contributed by atoms with Crippen molar-refractivity contribution in [3.63, 3.8) is 0 Å². The Kier molecular flexibility index (Phi) is 4.74. The number of benzene rings is 2. The number of aliphatic carboxylic acids is 1. The second-order valence-corrected chi connectivity index (χ2v) is 6.62.